The Morgan fingerprint density at radius 1 is 1.14 bits per heavy atom. The van der Waals surface area contributed by atoms with E-state index in [0.29, 0.717) is 21.5 Å². The first-order chi connectivity index (χ1) is 16.8. The van der Waals surface area contributed by atoms with E-state index in [9.17, 15) is 9.18 Å². The molecule has 35 heavy (non-hydrogen) atoms. The number of benzene rings is 3. The maximum Gasteiger partial charge on any atom is 0.341 e. The quantitative estimate of drug-likeness (QED) is 0.299. The highest BCUT2D eigenvalue weighted by atomic mass is 79.9. The zero-order chi connectivity index (χ0) is 25.1. The average Bonchev–Trinajstić information content (AvgIpc) is 2.83. The summed E-state index contributed by atoms with van der Waals surface area (Å²) in [6.07, 6.45) is -0.353. The molecule has 4 rings (SSSR count). The van der Waals surface area contributed by atoms with Crippen molar-refractivity contribution in [3.8, 4) is 5.75 Å². The molecular weight excluding hydrogens is 535 g/mol. The normalized spacial score (nSPS) is 21.9. The summed E-state index contributed by atoms with van der Waals surface area (Å²) in [5.41, 5.74) is 3.23. The van der Waals surface area contributed by atoms with Crippen molar-refractivity contribution in [3.63, 3.8) is 0 Å². The molecule has 0 aromatic heterocycles. The molecule has 4 nitrogen and oxygen atoms in total. The first kappa shape index (κ1) is 25.4. The lowest BCUT2D eigenvalue weighted by atomic mass is 9.74. The van der Waals surface area contributed by atoms with Gasteiger partial charge in [0.2, 0.25) is 0 Å². The summed E-state index contributed by atoms with van der Waals surface area (Å²) in [5, 5.41) is 9.82. The maximum atomic E-state index is 14.6. The van der Waals surface area contributed by atoms with E-state index in [1.165, 1.54) is 12.1 Å². The summed E-state index contributed by atoms with van der Waals surface area (Å²) in [5.74, 6) is -1.65. The fraction of sp³-hybridized carbons (Fsp3) is 0.250. The van der Waals surface area contributed by atoms with E-state index in [0.717, 1.165) is 16.7 Å². The Balaban J connectivity index is 1.84. The van der Waals surface area contributed by atoms with E-state index in [2.05, 4.69) is 22.5 Å². The summed E-state index contributed by atoms with van der Waals surface area (Å²) in [6, 6.07) is 20.1. The molecular formula is C28H25BrClFO4. The molecule has 0 saturated carbocycles. The molecule has 1 fully saturated rings. The van der Waals surface area contributed by atoms with Gasteiger partial charge in [-0.1, -0.05) is 72.3 Å². The van der Waals surface area contributed by atoms with Crippen LogP contribution in [-0.4, -0.2) is 17.7 Å². The van der Waals surface area contributed by atoms with Crippen LogP contribution >= 0.6 is 27.5 Å². The molecule has 4 atom stereocenters. The first-order valence-electron chi connectivity index (χ1n) is 11.2. The molecule has 3 aromatic carbocycles. The van der Waals surface area contributed by atoms with E-state index in [4.69, 9.17) is 26.2 Å². The number of aliphatic carboxylic acids is 1. The zero-order valence-corrected chi connectivity index (χ0v) is 21.4. The number of carbonyl (C=O) groups is 1. The van der Waals surface area contributed by atoms with E-state index in [1.54, 1.807) is 0 Å². The molecule has 1 aliphatic rings. The van der Waals surface area contributed by atoms with Crippen molar-refractivity contribution in [1.82, 2.24) is 0 Å². The fourth-order valence-electron chi connectivity index (χ4n) is 4.72. The SMILES string of the molecule is C=C(C)[C@H]1C[C@H](c2ccccc2Cl)[C@H](c2ccccc2)O[C@@H]1c1cc(F)cc(Br)c1OCC(=O)O. The van der Waals surface area contributed by atoms with Gasteiger partial charge in [0.25, 0.3) is 0 Å². The van der Waals surface area contributed by atoms with Crippen molar-refractivity contribution >= 4 is 33.5 Å². The first-order valence-corrected chi connectivity index (χ1v) is 12.4. The molecule has 0 radical (unpaired) electrons. The van der Waals surface area contributed by atoms with Crippen molar-refractivity contribution in [1.29, 1.82) is 0 Å². The maximum absolute atomic E-state index is 14.6. The Morgan fingerprint density at radius 3 is 2.49 bits per heavy atom. The molecule has 1 N–H and O–H groups in total. The van der Waals surface area contributed by atoms with Crippen molar-refractivity contribution in [3.05, 3.63) is 111 Å². The molecule has 0 amide bonds. The summed E-state index contributed by atoms with van der Waals surface area (Å²) in [4.78, 5) is 11.2. The highest BCUT2D eigenvalue weighted by molar-refractivity contribution is 9.10. The predicted molar refractivity (Wildman–Crippen MR) is 137 cm³/mol. The van der Waals surface area contributed by atoms with Gasteiger partial charge in [0.05, 0.1) is 16.7 Å². The Kier molecular flexibility index (Phi) is 7.95. The van der Waals surface area contributed by atoms with Crippen LogP contribution in [0.2, 0.25) is 5.02 Å². The van der Waals surface area contributed by atoms with E-state index in [1.807, 2.05) is 61.5 Å². The van der Waals surface area contributed by atoms with Gasteiger partial charge >= 0.3 is 5.97 Å². The Hall–Kier alpha value is -2.67. The van der Waals surface area contributed by atoms with E-state index in [-0.39, 0.29) is 23.7 Å². The van der Waals surface area contributed by atoms with Crippen LogP contribution in [0.25, 0.3) is 0 Å². The third kappa shape index (κ3) is 5.61. The molecule has 1 heterocycles. The molecule has 7 heteroatoms. The van der Waals surface area contributed by atoms with Gasteiger partial charge in [0.15, 0.2) is 6.61 Å². The second-order valence-corrected chi connectivity index (χ2v) is 9.95. The standard InChI is InChI=1S/C28H25BrClFO4/c1-16(2)20-14-21(19-10-6-7-11-24(19)30)26(17-8-4-3-5-9-17)35-27(20)22-12-18(31)13-23(29)28(22)34-15-25(32)33/h3-13,20-21,26-27H,1,14-15H2,2H3,(H,32,33)/t20-,21-,26+,27+/m1/s1. The van der Waals surface area contributed by atoms with Crippen molar-refractivity contribution < 1.29 is 23.8 Å². The highest BCUT2D eigenvalue weighted by Crippen LogP contribution is 2.54. The van der Waals surface area contributed by atoms with Crippen molar-refractivity contribution in [2.45, 2.75) is 31.5 Å². The van der Waals surface area contributed by atoms with Crippen LogP contribution in [0.3, 0.4) is 0 Å². The van der Waals surface area contributed by atoms with Crippen LogP contribution in [-0.2, 0) is 9.53 Å². The Morgan fingerprint density at radius 2 is 1.83 bits per heavy atom. The largest absolute Gasteiger partial charge is 0.480 e. The van der Waals surface area contributed by atoms with Crippen molar-refractivity contribution in [2.24, 2.45) is 5.92 Å². The van der Waals surface area contributed by atoms with Gasteiger partial charge in [0, 0.05) is 22.4 Å². The topological polar surface area (TPSA) is 55.8 Å². The number of ether oxygens (including phenoxy) is 2. The van der Waals surface area contributed by atoms with Gasteiger partial charge in [0.1, 0.15) is 11.6 Å². The van der Waals surface area contributed by atoms with Crippen molar-refractivity contribution in [2.75, 3.05) is 6.61 Å². The van der Waals surface area contributed by atoms with Gasteiger partial charge in [-0.15, -0.1) is 0 Å². The van der Waals surface area contributed by atoms with Crippen LogP contribution in [0, 0.1) is 11.7 Å². The molecule has 0 spiro atoms. The minimum absolute atomic E-state index is 0.0792. The lowest BCUT2D eigenvalue weighted by Crippen LogP contribution is -2.32. The molecule has 182 valence electrons. The van der Waals surface area contributed by atoms with Gasteiger partial charge < -0.3 is 14.6 Å². The predicted octanol–water partition coefficient (Wildman–Crippen LogP) is 7.88. The lowest BCUT2D eigenvalue weighted by molar-refractivity contribution is -0.139. The lowest BCUT2D eigenvalue weighted by Gasteiger charge is -2.43. The third-order valence-electron chi connectivity index (χ3n) is 6.28. The third-order valence-corrected chi connectivity index (χ3v) is 7.21. The minimum atomic E-state index is -1.13. The number of carboxylic acids is 1. The minimum Gasteiger partial charge on any atom is -0.480 e. The molecule has 1 saturated heterocycles. The second-order valence-electron chi connectivity index (χ2n) is 8.69. The van der Waals surface area contributed by atoms with E-state index < -0.39 is 24.5 Å². The summed E-state index contributed by atoms with van der Waals surface area (Å²) >= 11 is 9.96. The molecule has 3 aromatic rings. The molecule has 0 bridgehead atoms. The number of halogens is 3. The van der Waals surface area contributed by atoms with Crippen LogP contribution < -0.4 is 4.74 Å². The molecule has 1 aliphatic heterocycles. The monoisotopic (exact) mass is 558 g/mol. The van der Waals surface area contributed by atoms with Gasteiger partial charge in [-0.3, -0.25) is 0 Å². The van der Waals surface area contributed by atoms with Crippen LogP contribution in [0.1, 0.15) is 48.2 Å². The second kappa shape index (κ2) is 10.9. The van der Waals surface area contributed by atoms with Gasteiger partial charge in [-0.25, -0.2) is 9.18 Å². The smallest absolute Gasteiger partial charge is 0.341 e. The van der Waals surface area contributed by atoms with E-state index >= 15 is 0 Å². The van der Waals surface area contributed by atoms with Crippen LogP contribution in [0.5, 0.6) is 5.75 Å². The number of rotatable bonds is 7. The number of hydrogen-bond acceptors (Lipinski definition) is 3. The van der Waals surface area contributed by atoms with Crippen LogP contribution in [0.15, 0.2) is 83.4 Å². The molecule has 0 aliphatic carbocycles. The Bertz CT molecular complexity index is 1230. The average molecular weight is 560 g/mol. The fourth-order valence-corrected chi connectivity index (χ4v) is 5.55. The zero-order valence-electron chi connectivity index (χ0n) is 19.1. The highest BCUT2D eigenvalue weighted by Gasteiger charge is 2.42. The van der Waals surface area contributed by atoms with Gasteiger partial charge in [-0.2, -0.15) is 0 Å². The summed E-state index contributed by atoms with van der Waals surface area (Å²) in [6.45, 7) is 5.55. The number of carboxylic acid groups (broad SMARTS) is 1. The van der Waals surface area contributed by atoms with Crippen LogP contribution in [0.4, 0.5) is 4.39 Å². The molecule has 0 unspecified atom stereocenters. The number of hydrogen-bond donors (Lipinski definition) is 1. The summed E-state index contributed by atoms with van der Waals surface area (Å²) in [7, 11) is 0. The summed E-state index contributed by atoms with van der Waals surface area (Å²) < 4.78 is 27.3. The Labute approximate surface area is 217 Å². The van der Waals surface area contributed by atoms with Gasteiger partial charge in [-0.05, 0) is 58.6 Å².